The first-order chi connectivity index (χ1) is 8.08. The summed E-state index contributed by atoms with van der Waals surface area (Å²) in [6, 6.07) is 7.19. The smallest absolute Gasteiger partial charge is 0.251 e. The lowest BCUT2D eigenvalue weighted by Crippen LogP contribution is -2.20. The van der Waals surface area contributed by atoms with Crippen molar-refractivity contribution < 1.29 is 9.18 Å². The maximum Gasteiger partial charge on any atom is 0.251 e. The molecule has 3 nitrogen and oxygen atoms in total. The first kappa shape index (κ1) is 11.8. The Bertz CT molecular complexity index is 636. The summed E-state index contributed by atoms with van der Waals surface area (Å²) in [6.45, 7) is 0.155. The van der Waals surface area contributed by atoms with Crippen molar-refractivity contribution in [1.82, 2.24) is 4.57 Å². The van der Waals surface area contributed by atoms with Gasteiger partial charge in [-0.1, -0.05) is 0 Å². The van der Waals surface area contributed by atoms with Crippen LogP contribution in [0.2, 0.25) is 0 Å². The Balaban J connectivity index is 2.58. The number of hydrogen-bond donors (Lipinski definition) is 0. The van der Waals surface area contributed by atoms with E-state index in [0.717, 1.165) is 5.39 Å². The van der Waals surface area contributed by atoms with Crippen LogP contribution in [0.5, 0.6) is 0 Å². The molecule has 0 aliphatic carbocycles. The van der Waals surface area contributed by atoms with Gasteiger partial charge in [-0.2, -0.15) is 0 Å². The zero-order chi connectivity index (χ0) is 12.4. The van der Waals surface area contributed by atoms with Gasteiger partial charge in [0.25, 0.3) is 5.56 Å². The molecule has 0 radical (unpaired) electrons. The molecule has 0 aliphatic heterocycles. The first-order valence-electron chi connectivity index (χ1n) is 5.05. The summed E-state index contributed by atoms with van der Waals surface area (Å²) in [5.41, 5.74) is 0.191. The Hall–Kier alpha value is -1.68. The quantitative estimate of drug-likeness (QED) is 0.788. The average molecular weight is 254 g/mol. The van der Waals surface area contributed by atoms with Crippen LogP contribution in [0.3, 0.4) is 0 Å². The van der Waals surface area contributed by atoms with Crippen molar-refractivity contribution in [2.24, 2.45) is 0 Å². The fourth-order valence-electron chi connectivity index (χ4n) is 1.69. The highest BCUT2D eigenvalue weighted by atomic mass is 35.5. The number of hydrogen-bond acceptors (Lipinski definition) is 2. The third-order valence-corrected chi connectivity index (χ3v) is 2.68. The second-order valence-corrected chi connectivity index (χ2v) is 4.05. The predicted molar refractivity (Wildman–Crippen MR) is 63.6 cm³/mol. The Labute approximate surface area is 101 Å². The fourth-order valence-corrected chi connectivity index (χ4v) is 1.78. The monoisotopic (exact) mass is 253 g/mol. The lowest BCUT2D eigenvalue weighted by Gasteiger charge is -2.08. The number of aryl methyl sites for hydroxylation is 1. The van der Waals surface area contributed by atoms with Crippen LogP contribution in [0.1, 0.15) is 6.42 Å². The zero-order valence-electron chi connectivity index (χ0n) is 8.82. The van der Waals surface area contributed by atoms with Crippen molar-refractivity contribution in [2.45, 2.75) is 13.0 Å². The average Bonchev–Trinajstić information content (AvgIpc) is 2.27. The Kier molecular flexibility index (Phi) is 3.24. The van der Waals surface area contributed by atoms with E-state index in [4.69, 9.17) is 11.6 Å². The summed E-state index contributed by atoms with van der Waals surface area (Å²) >= 11 is 5.23. The van der Waals surface area contributed by atoms with Crippen LogP contribution in [0, 0.1) is 5.82 Å². The fraction of sp³-hybridized carbons (Fsp3) is 0.167. The van der Waals surface area contributed by atoms with E-state index < -0.39 is 11.1 Å². The number of nitrogens with zero attached hydrogens (tertiary/aromatic N) is 1. The van der Waals surface area contributed by atoms with Gasteiger partial charge in [0.1, 0.15) is 5.82 Å². The van der Waals surface area contributed by atoms with Crippen LogP contribution >= 0.6 is 11.6 Å². The summed E-state index contributed by atoms with van der Waals surface area (Å²) in [6.07, 6.45) is 0.0388. The number of fused-ring (bicyclic) bond motifs is 1. The van der Waals surface area contributed by atoms with E-state index in [1.54, 1.807) is 12.1 Å². The summed E-state index contributed by atoms with van der Waals surface area (Å²) in [4.78, 5) is 22.4. The molecule has 0 unspecified atom stereocenters. The second kappa shape index (κ2) is 4.67. The number of carbonyl (C=O) groups excluding carboxylic acids is 1. The van der Waals surface area contributed by atoms with E-state index in [1.807, 2.05) is 0 Å². The van der Waals surface area contributed by atoms with Gasteiger partial charge in [0.15, 0.2) is 0 Å². The molecule has 0 N–H and O–H groups in total. The third kappa shape index (κ3) is 2.53. The Morgan fingerprint density at radius 2 is 2.00 bits per heavy atom. The molecule has 0 saturated carbocycles. The predicted octanol–water partition coefficient (Wildman–Crippen LogP) is 2.30. The van der Waals surface area contributed by atoms with E-state index in [0.29, 0.717) is 5.52 Å². The topological polar surface area (TPSA) is 39.1 Å². The molecular weight excluding hydrogens is 245 g/mol. The summed E-state index contributed by atoms with van der Waals surface area (Å²) in [5.74, 6) is -0.422. The molecule has 0 aliphatic rings. The van der Waals surface area contributed by atoms with Gasteiger partial charge in [0.2, 0.25) is 5.24 Å². The minimum Gasteiger partial charge on any atom is -0.308 e. The van der Waals surface area contributed by atoms with E-state index in [1.165, 1.54) is 22.8 Å². The SMILES string of the molecule is O=C(Cl)CCn1c(=O)ccc2ccc(F)cc21. The highest BCUT2D eigenvalue weighted by Gasteiger charge is 2.05. The minimum absolute atomic E-state index is 0.0388. The van der Waals surface area contributed by atoms with Crippen molar-refractivity contribution in [3.05, 3.63) is 46.5 Å². The molecule has 0 amide bonds. The molecule has 0 bridgehead atoms. The van der Waals surface area contributed by atoms with Crippen molar-refractivity contribution in [3.8, 4) is 0 Å². The highest BCUT2D eigenvalue weighted by molar-refractivity contribution is 6.63. The van der Waals surface area contributed by atoms with E-state index in [-0.39, 0.29) is 18.5 Å². The van der Waals surface area contributed by atoms with Crippen LogP contribution in [-0.4, -0.2) is 9.81 Å². The maximum absolute atomic E-state index is 13.1. The van der Waals surface area contributed by atoms with Crippen LogP contribution in [-0.2, 0) is 11.3 Å². The normalized spacial score (nSPS) is 10.7. The van der Waals surface area contributed by atoms with Gasteiger partial charge in [-0.05, 0) is 41.3 Å². The molecule has 0 fully saturated rings. The van der Waals surface area contributed by atoms with Crippen LogP contribution < -0.4 is 5.56 Å². The second-order valence-electron chi connectivity index (χ2n) is 3.63. The third-order valence-electron chi connectivity index (χ3n) is 2.49. The number of carbonyl (C=O) groups is 1. The number of rotatable bonds is 3. The number of benzene rings is 1. The van der Waals surface area contributed by atoms with Gasteiger partial charge in [-0.3, -0.25) is 9.59 Å². The molecule has 2 rings (SSSR count). The van der Waals surface area contributed by atoms with E-state index in [9.17, 15) is 14.0 Å². The lowest BCUT2D eigenvalue weighted by atomic mass is 10.2. The van der Waals surface area contributed by atoms with E-state index >= 15 is 0 Å². The molecule has 0 atom stereocenters. The molecule has 0 saturated heterocycles. The zero-order valence-corrected chi connectivity index (χ0v) is 9.58. The largest absolute Gasteiger partial charge is 0.308 e. The standard InChI is InChI=1S/C12H9ClFNO2/c13-11(16)5-6-15-10-7-9(14)3-1-8(10)2-4-12(15)17/h1-4,7H,5-6H2. The molecule has 0 spiro atoms. The molecule has 5 heteroatoms. The summed E-state index contributed by atoms with van der Waals surface area (Å²) in [5, 5.41) is 0.221. The Morgan fingerprint density at radius 3 is 2.71 bits per heavy atom. The van der Waals surface area contributed by atoms with Crippen LogP contribution in [0.4, 0.5) is 4.39 Å². The maximum atomic E-state index is 13.1. The molecule has 88 valence electrons. The molecule has 2 aromatic rings. The minimum atomic E-state index is -0.523. The molecule has 1 heterocycles. The summed E-state index contributed by atoms with van der Waals surface area (Å²) in [7, 11) is 0. The van der Waals surface area contributed by atoms with E-state index in [2.05, 4.69) is 0 Å². The molecule has 1 aromatic carbocycles. The van der Waals surface area contributed by atoms with Gasteiger partial charge < -0.3 is 4.57 Å². The van der Waals surface area contributed by atoms with Crippen molar-refractivity contribution in [2.75, 3.05) is 0 Å². The molecule has 17 heavy (non-hydrogen) atoms. The van der Waals surface area contributed by atoms with Gasteiger partial charge in [0.05, 0.1) is 5.52 Å². The first-order valence-corrected chi connectivity index (χ1v) is 5.43. The van der Waals surface area contributed by atoms with Crippen LogP contribution in [0.15, 0.2) is 35.1 Å². The number of pyridine rings is 1. The number of aromatic nitrogens is 1. The van der Waals surface area contributed by atoms with Gasteiger partial charge in [0, 0.05) is 19.0 Å². The van der Waals surface area contributed by atoms with Crippen LogP contribution in [0.25, 0.3) is 10.9 Å². The van der Waals surface area contributed by atoms with Gasteiger partial charge in [-0.25, -0.2) is 4.39 Å². The Morgan fingerprint density at radius 1 is 1.29 bits per heavy atom. The molecular formula is C12H9ClFNO2. The van der Waals surface area contributed by atoms with Crippen molar-refractivity contribution in [3.63, 3.8) is 0 Å². The van der Waals surface area contributed by atoms with Gasteiger partial charge in [-0.15, -0.1) is 0 Å². The van der Waals surface area contributed by atoms with Crippen molar-refractivity contribution >= 4 is 27.7 Å². The van der Waals surface area contributed by atoms with Gasteiger partial charge >= 0.3 is 0 Å². The molecule has 1 aromatic heterocycles. The highest BCUT2D eigenvalue weighted by Crippen LogP contribution is 2.14. The van der Waals surface area contributed by atoms with Crippen molar-refractivity contribution in [1.29, 1.82) is 0 Å². The summed E-state index contributed by atoms with van der Waals surface area (Å²) < 4.78 is 14.5. The number of halogens is 2. The lowest BCUT2D eigenvalue weighted by molar-refractivity contribution is -0.111.